The second kappa shape index (κ2) is 11.5. The van der Waals surface area contributed by atoms with Gasteiger partial charge in [0.2, 0.25) is 5.91 Å². The Kier molecular flexibility index (Phi) is 10.1. The van der Waals surface area contributed by atoms with Crippen molar-refractivity contribution < 1.29 is 4.79 Å². The Balaban J connectivity index is 0.00000156. The minimum atomic E-state index is 0. The maximum Gasteiger partial charge on any atom is 0.224 e. The van der Waals surface area contributed by atoms with Crippen LogP contribution in [0.2, 0.25) is 0 Å². The molecule has 6 heteroatoms. The topological polar surface area (TPSA) is 44.4 Å². The molecule has 1 fully saturated rings. The highest BCUT2D eigenvalue weighted by Crippen LogP contribution is 2.19. The summed E-state index contributed by atoms with van der Waals surface area (Å²) in [7, 11) is 0. The van der Waals surface area contributed by atoms with E-state index in [0.717, 1.165) is 58.5 Å². The number of amides is 1. The van der Waals surface area contributed by atoms with Crippen LogP contribution in [0.4, 0.5) is 0 Å². The van der Waals surface area contributed by atoms with Crippen molar-refractivity contribution >= 4 is 30.7 Å². The zero-order valence-electron chi connectivity index (χ0n) is 14.6. The molecule has 0 spiro atoms. The van der Waals surface area contributed by atoms with Gasteiger partial charge in [-0.1, -0.05) is 42.0 Å². The van der Waals surface area contributed by atoms with E-state index in [1.54, 1.807) is 0 Å². The summed E-state index contributed by atoms with van der Waals surface area (Å²) in [6, 6.07) is 10.5. The summed E-state index contributed by atoms with van der Waals surface area (Å²) < 4.78 is 0. The molecule has 4 nitrogen and oxygen atoms in total. The highest BCUT2D eigenvalue weighted by atomic mass is 35.5. The fraction of sp³-hybridized carbons (Fsp3) is 0.526. The van der Waals surface area contributed by atoms with Gasteiger partial charge in [-0.05, 0) is 37.9 Å². The molecule has 1 aromatic rings. The summed E-state index contributed by atoms with van der Waals surface area (Å²) in [4.78, 5) is 14.9. The van der Waals surface area contributed by atoms with E-state index >= 15 is 0 Å². The van der Waals surface area contributed by atoms with Crippen molar-refractivity contribution in [2.24, 2.45) is 5.92 Å². The second-order valence-electron chi connectivity index (χ2n) is 6.59. The first kappa shape index (κ1) is 22.0. The third-order valence-corrected chi connectivity index (χ3v) is 4.77. The normalized spacial score (nSPS) is 20.6. The zero-order chi connectivity index (χ0) is 15.9. The fourth-order valence-electron chi connectivity index (χ4n) is 3.43. The van der Waals surface area contributed by atoms with E-state index < -0.39 is 0 Å². The van der Waals surface area contributed by atoms with Crippen LogP contribution in [0.3, 0.4) is 0 Å². The Hall–Kier alpha value is -1.07. The van der Waals surface area contributed by atoms with Gasteiger partial charge < -0.3 is 10.6 Å². The molecule has 0 saturated carbocycles. The summed E-state index contributed by atoms with van der Waals surface area (Å²) in [5.74, 6) is 0.358. The first-order chi connectivity index (χ1) is 11.3. The van der Waals surface area contributed by atoms with Crippen LogP contribution in [-0.4, -0.2) is 43.5 Å². The Bertz CT molecular complexity index is 551. The number of rotatable bonds is 5. The van der Waals surface area contributed by atoms with E-state index in [2.05, 4.69) is 45.9 Å². The minimum absolute atomic E-state index is 0. The van der Waals surface area contributed by atoms with E-state index in [-0.39, 0.29) is 36.6 Å². The number of piperidine rings is 1. The number of likely N-dealkylation sites (tertiary alicyclic amines) is 1. The van der Waals surface area contributed by atoms with Crippen molar-refractivity contribution in [2.75, 3.05) is 32.7 Å². The molecule has 25 heavy (non-hydrogen) atoms. The third-order valence-electron chi connectivity index (χ3n) is 4.77. The monoisotopic (exact) mass is 385 g/mol. The van der Waals surface area contributed by atoms with Crippen molar-refractivity contribution in [3.05, 3.63) is 47.5 Å². The van der Waals surface area contributed by atoms with E-state index in [0.29, 0.717) is 0 Å². The zero-order valence-corrected chi connectivity index (χ0v) is 16.2. The van der Waals surface area contributed by atoms with Gasteiger partial charge in [0.1, 0.15) is 0 Å². The van der Waals surface area contributed by atoms with E-state index in [4.69, 9.17) is 0 Å². The van der Waals surface area contributed by atoms with Crippen LogP contribution in [0, 0.1) is 5.92 Å². The summed E-state index contributed by atoms with van der Waals surface area (Å²) >= 11 is 0. The lowest BCUT2D eigenvalue weighted by Gasteiger charge is -2.32. The van der Waals surface area contributed by atoms with E-state index in [1.165, 1.54) is 11.1 Å². The second-order valence-corrected chi connectivity index (χ2v) is 6.59. The number of carbonyl (C=O) groups excluding carboxylic acids is 1. The summed E-state index contributed by atoms with van der Waals surface area (Å²) in [5, 5.41) is 6.44. The molecule has 1 unspecified atom stereocenters. The maximum atomic E-state index is 12.5. The van der Waals surface area contributed by atoms with Crippen LogP contribution >= 0.6 is 24.8 Å². The predicted octanol–water partition coefficient (Wildman–Crippen LogP) is 2.78. The minimum Gasteiger partial charge on any atom is -0.352 e. The highest BCUT2D eigenvalue weighted by Gasteiger charge is 2.25. The molecule has 1 atom stereocenters. The fourth-order valence-corrected chi connectivity index (χ4v) is 3.43. The molecule has 2 aliphatic rings. The standard InChI is InChI=1S/C19H27N3O.2ClH/c23-19(21-13-16-8-10-20-11-9-16)18-7-4-12-22(15-18)14-17-5-2-1-3-6-17;;/h1-3,5-6,8,18,20H,4,7,9-15H2,(H,21,23);2*1H. The van der Waals surface area contributed by atoms with Crippen LogP contribution in [0.15, 0.2) is 42.0 Å². The van der Waals surface area contributed by atoms with Gasteiger partial charge in [0.05, 0.1) is 5.92 Å². The van der Waals surface area contributed by atoms with Gasteiger partial charge in [0.15, 0.2) is 0 Å². The molecule has 1 aromatic carbocycles. The van der Waals surface area contributed by atoms with Crippen LogP contribution in [0.5, 0.6) is 0 Å². The molecular weight excluding hydrogens is 357 g/mol. The van der Waals surface area contributed by atoms with Gasteiger partial charge in [-0.2, -0.15) is 0 Å². The molecule has 2 N–H and O–H groups in total. The Morgan fingerprint density at radius 3 is 2.76 bits per heavy atom. The highest BCUT2D eigenvalue weighted by molar-refractivity contribution is 5.85. The molecule has 0 radical (unpaired) electrons. The van der Waals surface area contributed by atoms with Crippen molar-refractivity contribution in [1.29, 1.82) is 0 Å². The molecule has 1 amide bonds. The van der Waals surface area contributed by atoms with Crippen molar-refractivity contribution in [3.63, 3.8) is 0 Å². The molecule has 140 valence electrons. The molecule has 1 saturated heterocycles. The van der Waals surface area contributed by atoms with Crippen LogP contribution in [0.1, 0.15) is 24.8 Å². The molecule has 3 rings (SSSR count). The smallest absolute Gasteiger partial charge is 0.224 e. The number of nitrogens with one attached hydrogen (secondary N) is 2. The van der Waals surface area contributed by atoms with Gasteiger partial charge in [0.25, 0.3) is 0 Å². The molecule has 0 aromatic heterocycles. The van der Waals surface area contributed by atoms with Crippen molar-refractivity contribution in [1.82, 2.24) is 15.5 Å². The van der Waals surface area contributed by atoms with Crippen LogP contribution in [-0.2, 0) is 11.3 Å². The predicted molar refractivity (Wildman–Crippen MR) is 108 cm³/mol. The average Bonchev–Trinajstić information content (AvgIpc) is 2.62. The summed E-state index contributed by atoms with van der Waals surface area (Å²) in [5.41, 5.74) is 2.68. The molecule has 2 heterocycles. The van der Waals surface area contributed by atoms with Crippen molar-refractivity contribution in [2.45, 2.75) is 25.8 Å². The maximum absolute atomic E-state index is 12.5. The Morgan fingerprint density at radius 1 is 1.24 bits per heavy atom. The summed E-state index contributed by atoms with van der Waals surface area (Å²) in [6.07, 6.45) is 5.37. The third kappa shape index (κ3) is 6.98. The first-order valence-electron chi connectivity index (χ1n) is 8.74. The van der Waals surface area contributed by atoms with Gasteiger partial charge >= 0.3 is 0 Å². The number of nitrogens with zero attached hydrogens (tertiary/aromatic N) is 1. The largest absolute Gasteiger partial charge is 0.352 e. The molecule has 2 aliphatic heterocycles. The number of carbonyl (C=O) groups is 1. The number of hydrogen-bond donors (Lipinski definition) is 2. The molecular formula is C19H29Cl2N3O. The first-order valence-corrected chi connectivity index (χ1v) is 8.74. The number of halogens is 2. The number of benzene rings is 1. The number of hydrogen-bond acceptors (Lipinski definition) is 3. The van der Waals surface area contributed by atoms with Crippen LogP contribution in [0.25, 0.3) is 0 Å². The van der Waals surface area contributed by atoms with Gasteiger partial charge in [-0.15, -0.1) is 24.8 Å². The Morgan fingerprint density at radius 2 is 2.04 bits per heavy atom. The van der Waals surface area contributed by atoms with Gasteiger partial charge in [-0.3, -0.25) is 9.69 Å². The quantitative estimate of drug-likeness (QED) is 0.765. The average molecular weight is 386 g/mol. The lowest BCUT2D eigenvalue weighted by molar-refractivity contribution is -0.126. The van der Waals surface area contributed by atoms with Crippen molar-refractivity contribution in [3.8, 4) is 0 Å². The summed E-state index contributed by atoms with van der Waals surface area (Å²) in [6.45, 7) is 5.59. The lowest BCUT2D eigenvalue weighted by Crippen LogP contribution is -2.43. The van der Waals surface area contributed by atoms with Crippen LogP contribution < -0.4 is 10.6 Å². The van der Waals surface area contributed by atoms with Gasteiger partial charge in [0, 0.05) is 26.2 Å². The Labute approximate surface area is 163 Å². The van der Waals surface area contributed by atoms with Gasteiger partial charge in [-0.25, -0.2) is 0 Å². The SMILES string of the molecule is Cl.Cl.O=C(NCC1=CCNCC1)C1CCCN(Cc2ccccc2)C1. The molecule has 0 bridgehead atoms. The molecule has 0 aliphatic carbocycles. The lowest BCUT2D eigenvalue weighted by atomic mass is 9.96. The van der Waals surface area contributed by atoms with E-state index in [1.807, 2.05) is 6.07 Å². The van der Waals surface area contributed by atoms with E-state index in [9.17, 15) is 4.79 Å².